The van der Waals surface area contributed by atoms with E-state index in [4.69, 9.17) is 4.74 Å². The number of benzene rings is 1. The van der Waals surface area contributed by atoms with Crippen molar-refractivity contribution in [2.24, 2.45) is 0 Å². The fraction of sp³-hybridized carbons (Fsp3) is 0.435. The molecule has 0 saturated carbocycles. The molecule has 1 unspecified atom stereocenters. The molecule has 0 aliphatic carbocycles. The fourth-order valence-electron chi connectivity index (χ4n) is 4.02. The number of hydrogen-bond donors (Lipinski definition) is 1. The minimum Gasteiger partial charge on any atom is -0.378 e. The predicted molar refractivity (Wildman–Crippen MR) is 114 cm³/mol. The number of nitrogens with zero attached hydrogens (tertiary/aromatic N) is 3. The number of aryl methyl sites for hydroxylation is 2. The molecule has 1 atom stereocenters. The maximum atomic E-state index is 13.1. The third-order valence-electron chi connectivity index (χ3n) is 5.85. The molecule has 2 saturated heterocycles. The van der Waals surface area contributed by atoms with Gasteiger partial charge in [0.05, 0.1) is 19.3 Å². The topological polar surface area (TPSA) is 74.8 Å². The molecule has 1 N–H and O–H groups in total. The van der Waals surface area contributed by atoms with Crippen molar-refractivity contribution in [1.82, 2.24) is 14.8 Å². The summed E-state index contributed by atoms with van der Waals surface area (Å²) in [6.45, 7) is 6.59. The molecule has 4 rings (SSSR count). The van der Waals surface area contributed by atoms with Crippen molar-refractivity contribution in [3.63, 3.8) is 0 Å². The minimum absolute atomic E-state index is 0.00563. The van der Waals surface area contributed by atoms with E-state index in [0.29, 0.717) is 37.2 Å². The van der Waals surface area contributed by atoms with Gasteiger partial charge in [0, 0.05) is 56.2 Å². The molecule has 1 aromatic carbocycles. The molecule has 2 amide bonds. The smallest absolute Gasteiger partial charge is 0.254 e. The van der Waals surface area contributed by atoms with E-state index in [1.54, 1.807) is 18.5 Å². The van der Waals surface area contributed by atoms with Gasteiger partial charge in [-0.15, -0.1) is 0 Å². The Bertz CT molecular complexity index is 903. The van der Waals surface area contributed by atoms with Crippen LogP contribution in [0.2, 0.25) is 0 Å². The number of carbonyl (C=O) groups excluding carboxylic acids is 2. The van der Waals surface area contributed by atoms with E-state index in [2.05, 4.69) is 15.2 Å². The van der Waals surface area contributed by atoms with Crippen LogP contribution < -0.4 is 5.32 Å². The van der Waals surface area contributed by atoms with Crippen molar-refractivity contribution < 1.29 is 14.3 Å². The minimum atomic E-state index is -0.0699. The Morgan fingerprint density at radius 2 is 2.13 bits per heavy atom. The van der Waals surface area contributed by atoms with Crippen LogP contribution in [0.3, 0.4) is 0 Å². The second kappa shape index (κ2) is 9.36. The summed E-state index contributed by atoms with van der Waals surface area (Å²) in [5, 5.41) is 2.97. The Morgan fingerprint density at radius 1 is 1.23 bits per heavy atom. The van der Waals surface area contributed by atoms with Crippen LogP contribution >= 0.6 is 0 Å². The quantitative estimate of drug-likeness (QED) is 0.820. The van der Waals surface area contributed by atoms with E-state index in [1.165, 1.54) is 0 Å². The zero-order chi connectivity index (χ0) is 20.9. The Morgan fingerprint density at radius 3 is 2.97 bits per heavy atom. The van der Waals surface area contributed by atoms with Gasteiger partial charge >= 0.3 is 0 Å². The molecule has 2 fully saturated rings. The van der Waals surface area contributed by atoms with Crippen LogP contribution in [0.25, 0.3) is 0 Å². The van der Waals surface area contributed by atoms with Gasteiger partial charge in [-0.3, -0.25) is 19.5 Å². The van der Waals surface area contributed by atoms with Crippen LogP contribution in [0.15, 0.2) is 42.7 Å². The molecule has 7 heteroatoms. The number of pyridine rings is 1. The van der Waals surface area contributed by atoms with Crippen LogP contribution in [-0.4, -0.2) is 72.0 Å². The zero-order valence-electron chi connectivity index (χ0n) is 17.3. The molecule has 2 aliphatic heterocycles. The SMILES string of the molecule is Cc1ccc(C(=O)N2CCN3CCOCC3C2)cc1NC(=O)CCc1cccnc1. The summed E-state index contributed by atoms with van der Waals surface area (Å²) in [7, 11) is 0. The molecule has 30 heavy (non-hydrogen) atoms. The first-order chi connectivity index (χ1) is 14.6. The first-order valence-electron chi connectivity index (χ1n) is 10.5. The third-order valence-corrected chi connectivity index (χ3v) is 5.85. The standard InChI is InChI=1S/C23H28N4O3/c1-17-4-6-19(23(29)27-10-9-26-11-12-30-16-20(26)15-27)13-21(17)25-22(28)7-5-18-3-2-8-24-14-18/h2-4,6,8,13-14,20H,5,7,9-12,15-16H2,1H3,(H,25,28). The van der Waals surface area contributed by atoms with E-state index in [9.17, 15) is 9.59 Å². The highest BCUT2D eigenvalue weighted by atomic mass is 16.5. The monoisotopic (exact) mass is 408 g/mol. The van der Waals surface area contributed by atoms with Gasteiger partial charge in [0.25, 0.3) is 5.91 Å². The number of carbonyl (C=O) groups is 2. The molecular formula is C23H28N4O3. The van der Waals surface area contributed by atoms with E-state index >= 15 is 0 Å². The number of rotatable bonds is 5. The molecule has 2 aromatic rings. The lowest BCUT2D eigenvalue weighted by Gasteiger charge is -2.43. The number of fused-ring (bicyclic) bond motifs is 1. The average Bonchev–Trinajstić information content (AvgIpc) is 2.79. The first-order valence-corrected chi connectivity index (χ1v) is 10.5. The van der Waals surface area contributed by atoms with Crippen molar-refractivity contribution >= 4 is 17.5 Å². The van der Waals surface area contributed by atoms with Crippen LogP contribution in [-0.2, 0) is 16.0 Å². The van der Waals surface area contributed by atoms with Gasteiger partial charge in [-0.1, -0.05) is 12.1 Å². The molecule has 0 bridgehead atoms. The Hall–Kier alpha value is -2.77. The molecule has 1 aromatic heterocycles. The Balaban J connectivity index is 1.38. The lowest BCUT2D eigenvalue weighted by Crippen LogP contribution is -2.59. The number of aromatic nitrogens is 1. The molecule has 3 heterocycles. The number of amides is 2. The van der Waals surface area contributed by atoms with Crippen molar-refractivity contribution in [3.8, 4) is 0 Å². The number of ether oxygens (including phenoxy) is 1. The Kier molecular flexibility index (Phi) is 6.40. The fourth-order valence-corrected chi connectivity index (χ4v) is 4.02. The number of nitrogens with one attached hydrogen (secondary N) is 1. The maximum absolute atomic E-state index is 13.1. The Labute approximate surface area is 177 Å². The number of morpholine rings is 1. The van der Waals surface area contributed by atoms with Gasteiger partial charge in [0.1, 0.15) is 0 Å². The highest BCUT2D eigenvalue weighted by Crippen LogP contribution is 2.21. The largest absolute Gasteiger partial charge is 0.378 e. The molecule has 0 radical (unpaired) electrons. The second-order valence-corrected chi connectivity index (χ2v) is 7.96. The number of piperazine rings is 1. The molecular weight excluding hydrogens is 380 g/mol. The summed E-state index contributed by atoms with van der Waals surface area (Å²) in [5.41, 5.74) is 3.26. The summed E-state index contributed by atoms with van der Waals surface area (Å²) in [5.74, 6) is -0.0643. The van der Waals surface area contributed by atoms with Crippen molar-refractivity contribution in [2.45, 2.75) is 25.8 Å². The predicted octanol–water partition coefficient (Wildman–Crippen LogP) is 2.12. The molecule has 158 valence electrons. The summed E-state index contributed by atoms with van der Waals surface area (Å²) in [4.78, 5) is 33.9. The van der Waals surface area contributed by atoms with Gasteiger partial charge in [0.15, 0.2) is 0 Å². The summed E-state index contributed by atoms with van der Waals surface area (Å²) in [6.07, 6.45) is 4.49. The normalized spacial score (nSPS) is 19.2. The lowest BCUT2D eigenvalue weighted by atomic mass is 10.1. The van der Waals surface area contributed by atoms with Gasteiger partial charge < -0.3 is 15.0 Å². The summed E-state index contributed by atoms with van der Waals surface area (Å²) < 4.78 is 5.58. The lowest BCUT2D eigenvalue weighted by molar-refractivity contribution is -0.116. The van der Waals surface area contributed by atoms with Gasteiger partial charge in [-0.25, -0.2) is 0 Å². The van der Waals surface area contributed by atoms with E-state index in [1.807, 2.05) is 36.1 Å². The van der Waals surface area contributed by atoms with Crippen molar-refractivity contribution in [3.05, 3.63) is 59.4 Å². The van der Waals surface area contributed by atoms with Gasteiger partial charge in [-0.2, -0.15) is 0 Å². The third kappa shape index (κ3) is 4.86. The summed E-state index contributed by atoms with van der Waals surface area (Å²) >= 11 is 0. The zero-order valence-corrected chi connectivity index (χ0v) is 17.3. The molecule has 2 aliphatic rings. The van der Waals surface area contributed by atoms with Crippen molar-refractivity contribution in [1.29, 1.82) is 0 Å². The maximum Gasteiger partial charge on any atom is 0.254 e. The summed E-state index contributed by atoms with van der Waals surface area (Å²) in [6, 6.07) is 9.63. The van der Waals surface area contributed by atoms with E-state index in [0.717, 1.165) is 37.4 Å². The van der Waals surface area contributed by atoms with Crippen LogP contribution in [0.5, 0.6) is 0 Å². The van der Waals surface area contributed by atoms with Crippen LogP contribution in [0.4, 0.5) is 5.69 Å². The molecule has 7 nitrogen and oxygen atoms in total. The highest BCUT2D eigenvalue weighted by Gasteiger charge is 2.32. The van der Waals surface area contributed by atoms with E-state index in [-0.39, 0.29) is 17.9 Å². The van der Waals surface area contributed by atoms with E-state index < -0.39 is 0 Å². The van der Waals surface area contributed by atoms with Crippen LogP contribution in [0.1, 0.15) is 27.9 Å². The molecule has 0 spiro atoms. The first kappa shape index (κ1) is 20.5. The highest BCUT2D eigenvalue weighted by molar-refractivity contribution is 5.98. The number of anilines is 1. The second-order valence-electron chi connectivity index (χ2n) is 7.96. The number of hydrogen-bond acceptors (Lipinski definition) is 5. The van der Waals surface area contributed by atoms with Gasteiger partial charge in [0.2, 0.25) is 5.91 Å². The average molecular weight is 409 g/mol. The van der Waals surface area contributed by atoms with Crippen LogP contribution in [0, 0.1) is 6.92 Å². The van der Waals surface area contributed by atoms with Gasteiger partial charge in [-0.05, 0) is 42.7 Å². The van der Waals surface area contributed by atoms with Crippen molar-refractivity contribution in [2.75, 3.05) is 44.7 Å².